The second-order valence-electron chi connectivity index (χ2n) is 7.94. The summed E-state index contributed by atoms with van der Waals surface area (Å²) in [5, 5.41) is 2.89. The predicted molar refractivity (Wildman–Crippen MR) is 119 cm³/mol. The summed E-state index contributed by atoms with van der Waals surface area (Å²) < 4.78 is 28.6. The van der Waals surface area contributed by atoms with Crippen molar-refractivity contribution >= 4 is 31.9 Å². The van der Waals surface area contributed by atoms with Crippen LogP contribution in [0.15, 0.2) is 33.6 Å². The number of carbonyl (C=O) groups excluding carboxylic acids is 1. The first kappa shape index (κ1) is 24.3. The van der Waals surface area contributed by atoms with Gasteiger partial charge >= 0.3 is 0 Å². The molecule has 0 saturated carbocycles. The van der Waals surface area contributed by atoms with E-state index < -0.39 is 16.1 Å². The molecule has 0 spiro atoms. The molecule has 0 bridgehead atoms. The van der Waals surface area contributed by atoms with E-state index in [-0.39, 0.29) is 16.7 Å². The van der Waals surface area contributed by atoms with Crippen LogP contribution in [0.25, 0.3) is 0 Å². The van der Waals surface area contributed by atoms with Gasteiger partial charge in [0.25, 0.3) is 0 Å². The van der Waals surface area contributed by atoms with Gasteiger partial charge in [-0.3, -0.25) is 4.79 Å². The van der Waals surface area contributed by atoms with Crippen molar-refractivity contribution in [1.82, 2.24) is 19.8 Å². The van der Waals surface area contributed by atoms with E-state index in [2.05, 4.69) is 42.8 Å². The highest BCUT2D eigenvalue weighted by molar-refractivity contribution is 9.10. The quantitative estimate of drug-likeness (QED) is 0.491. The van der Waals surface area contributed by atoms with Crippen LogP contribution < -0.4 is 10.0 Å². The van der Waals surface area contributed by atoms with Gasteiger partial charge in [0.1, 0.15) is 6.04 Å². The lowest BCUT2D eigenvalue weighted by Crippen LogP contribution is -2.49. The number of unbranched alkanes of at least 4 members (excludes halogenated alkanes) is 1. The molecule has 9 heteroatoms. The minimum atomic E-state index is -3.76. The van der Waals surface area contributed by atoms with Crippen LogP contribution in [0, 0.1) is 5.92 Å². The molecule has 164 valence electrons. The van der Waals surface area contributed by atoms with Crippen LogP contribution in [0.4, 0.5) is 0 Å². The summed E-state index contributed by atoms with van der Waals surface area (Å²) in [6.45, 7) is 9.65. The zero-order valence-corrected chi connectivity index (χ0v) is 19.9. The molecule has 1 saturated heterocycles. The topological polar surface area (TPSA) is 81.7 Å². The molecule has 0 radical (unpaired) electrons. The minimum absolute atomic E-state index is 0.145. The lowest BCUT2D eigenvalue weighted by atomic mass is 10.1. The molecule has 1 fully saturated rings. The van der Waals surface area contributed by atoms with E-state index in [1.54, 1.807) is 12.1 Å². The summed E-state index contributed by atoms with van der Waals surface area (Å²) in [6, 6.07) is 5.56. The Bertz CT molecular complexity index is 747. The first-order chi connectivity index (χ1) is 13.7. The summed E-state index contributed by atoms with van der Waals surface area (Å²) in [5.74, 6) is -0.439. The number of hydrogen-bond donors (Lipinski definition) is 2. The Hall–Kier alpha value is -1.00. The van der Waals surface area contributed by atoms with E-state index in [4.69, 9.17) is 0 Å². The molecule has 1 aliphatic rings. The smallest absolute Gasteiger partial charge is 0.241 e. The van der Waals surface area contributed by atoms with Crippen LogP contribution in [0.2, 0.25) is 0 Å². The van der Waals surface area contributed by atoms with Crippen molar-refractivity contribution in [3.05, 3.63) is 28.7 Å². The molecule has 0 unspecified atom stereocenters. The first-order valence-corrected chi connectivity index (χ1v) is 12.4. The van der Waals surface area contributed by atoms with Crippen molar-refractivity contribution in [2.75, 3.05) is 46.3 Å². The Morgan fingerprint density at radius 1 is 1.10 bits per heavy atom. The maximum atomic E-state index is 12.6. The predicted octanol–water partition coefficient (Wildman–Crippen LogP) is 1.90. The number of rotatable bonds is 10. The number of nitrogens with one attached hydrogen (secondary N) is 2. The number of hydrogen-bond acceptors (Lipinski definition) is 5. The van der Waals surface area contributed by atoms with Gasteiger partial charge in [0.05, 0.1) is 4.90 Å². The fraction of sp³-hybridized carbons (Fsp3) is 0.650. The molecule has 1 atom stereocenters. The molecule has 0 aromatic heterocycles. The van der Waals surface area contributed by atoms with E-state index >= 15 is 0 Å². The summed E-state index contributed by atoms with van der Waals surface area (Å²) in [5.41, 5.74) is 0. The van der Waals surface area contributed by atoms with Gasteiger partial charge in [-0.1, -0.05) is 29.8 Å². The van der Waals surface area contributed by atoms with Crippen LogP contribution in [0.3, 0.4) is 0 Å². The van der Waals surface area contributed by atoms with Crippen molar-refractivity contribution < 1.29 is 13.2 Å². The number of halogens is 1. The first-order valence-electron chi connectivity index (χ1n) is 10.2. The molecule has 1 aromatic carbocycles. The Balaban J connectivity index is 1.79. The highest BCUT2D eigenvalue weighted by Gasteiger charge is 2.28. The summed E-state index contributed by atoms with van der Waals surface area (Å²) in [7, 11) is -1.62. The highest BCUT2D eigenvalue weighted by atomic mass is 79.9. The van der Waals surface area contributed by atoms with E-state index in [0.717, 1.165) is 50.0 Å². The lowest BCUT2D eigenvalue weighted by Gasteiger charge is -2.32. The van der Waals surface area contributed by atoms with Gasteiger partial charge in [0, 0.05) is 37.2 Å². The molecule has 1 amide bonds. The monoisotopic (exact) mass is 488 g/mol. The van der Waals surface area contributed by atoms with Crippen LogP contribution in [-0.2, 0) is 14.8 Å². The van der Waals surface area contributed by atoms with Gasteiger partial charge < -0.3 is 15.1 Å². The zero-order valence-electron chi connectivity index (χ0n) is 17.5. The van der Waals surface area contributed by atoms with Gasteiger partial charge in [0.15, 0.2) is 0 Å². The number of amides is 1. The van der Waals surface area contributed by atoms with Crippen molar-refractivity contribution in [2.45, 2.75) is 37.6 Å². The van der Waals surface area contributed by atoms with E-state index in [9.17, 15) is 13.2 Å². The Morgan fingerprint density at radius 2 is 1.72 bits per heavy atom. The average molecular weight is 489 g/mol. The highest BCUT2D eigenvalue weighted by Crippen LogP contribution is 2.16. The number of nitrogens with zero attached hydrogens (tertiary/aromatic N) is 2. The molecule has 2 rings (SSSR count). The third kappa shape index (κ3) is 7.97. The van der Waals surface area contributed by atoms with Crippen molar-refractivity contribution in [3.63, 3.8) is 0 Å². The second kappa shape index (κ2) is 11.4. The summed E-state index contributed by atoms with van der Waals surface area (Å²) in [4.78, 5) is 17.5. The molecule has 2 N–H and O–H groups in total. The summed E-state index contributed by atoms with van der Waals surface area (Å²) >= 11 is 3.29. The van der Waals surface area contributed by atoms with E-state index in [1.807, 2.05) is 13.8 Å². The normalized spacial score (nSPS) is 17.4. The maximum absolute atomic E-state index is 12.6. The van der Waals surface area contributed by atoms with Gasteiger partial charge in [-0.15, -0.1) is 0 Å². The lowest BCUT2D eigenvalue weighted by molar-refractivity contribution is -0.123. The third-order valence-corrected chi connectivity index (χ3v) is 7.14. The van der Waals surface area contributed by atoms with Crippen LogP contribution in [0.1, 0.15) is 26.7 Å². The Labute approximate surface area is 183 Å². The molecule has 7 nitrogen and oxygen atoms in total. The Morgan fingerprint density at radius 3 is 2.31 bits per heavy atom. The van der Waals surface area contributed by atoms with Crippen molar-refractivity contribution in [1.29, 1.82) is 0 Å². The number of piperazine rings is 1. The largest absolute Gasteiger partial charge is 0.355 e. The fourth-order valence-corrected chi connectivity index (χ4v) is 4.80. The van der Waals surface area contributed by atoms with Crippen LogP contribution in [0.5, 0.6) is 0 Å². The molecule has 29 heavy (non-hydrogen) atoms. The molecular formula is C20H33BrN4O3S. The van der Waals surface area contributed by atoms with E-state index in [0.29, 0.717) is 6.54 Å². The number of benzene rings is 1. The van der Waals surface area contributed by atoms with E-state index in [1.165, 1.54) is 12.1 Å². The SMILES string of the molecule is CC(C)[C@H](NS(=O)(=O)c1ccc(Br)cc1)C(=O)NCCCCN1CCN(C)CC1. The fourth-order valence-electron chi connectivity index (χ4n) is 3.19. The zero-order chi connectivity index (χ0) is 21.4. The standard InChI is InChI=1S/C20H33BrN4O3S/c1-16(2)19(23-29(27,28)18-8-6-17(21)7-9-18)20(26)22-10-4-5-11-25-14-12-24(3)13-15-25/h6-9,16,19,23H,4-5,10-15H2,1-3H3,(H,22,26)/t19-/m0/s1. The minimum Gasteiger partial charge on any atom is -0.355 e. The number of likely N-dealkylation sites (N-methyl/N-ethyl adjacent to an activating group) is 1. The van der Waals surface area contributed by atoms with Gasteiger partial charge in [-0.2, -0.15) is 4.72 Å². The molecule has 0 aliphatic carbocycles. The number of carbonyl (C=O) groups is 1. The van der Waals surface area contributed by atoms with Crippen LogP contribution >= 0.6 is 15.9 Å². The van der Waals surface area contributed by atoms with Crippen LogP contribution in [-0.4, -0.2) is 76.5 Å². The summed E-state index contributed by atoms with van der Waals surface area (Å²) in [6.07, 6.45) is 1.89. The third-order valence-electron chi connectivity index (χ3n) is 5.15. The molecular weight excluding hydrogens is 456 g/mol. The maximum Gasteiger partial charge on any atom is 0.241 e. The molecule has 1 aliphatic heterocycles. The molecule has 1 aromatic rings. The number of sulfonamides is 1. The Kier molecular flexibility index (Phi) is 9.55. The van der Waals surface area contributed by atoms with Gasteiger partial charge in [-0.05, 0) is 56.6 Å². The average Bonchev–Trinajstić information content (AvgIpc) is 2.67. The molecule has 1 heterocycles. The van der Waals surface area contributed by atoms with Crippen molar-refractivity contribution in [2.24, 2.45) is 5.92 Å². The second-order valence-corrected chi connectivity index (χ2v) is 10.6. The van der Waals surface area contributed by atoms with Gasteiger partial charge in [-0.25, -0.2) is 8.42 Å². The van der Waals surface area contributed by atoms with Crippen molar-refractivity contribution in [3.8, 4) is 0 Å². The van der Waals surface area contributed by atoms with Gasteiger partial charge in [0.2, 0.25) is 15.9 Å².